The minimum Gasteiger partial charge on any atom is -0.448 e. The van der Waals surface area contributed by atoms with Gasteiger partial charge in [-0.3, -0.25) is 14.5 Å². The van der Waals surface area contributed by atoms with Gasteiger partial charge in [0.2, 0.25) is 0 Å². The van der Waals surface area contributed by atoms with Crippen LogP contribution in [0, 0.1) is 17.6 Å². The van der Waals surface area contributed by atoms with Gasteiger partial charge in [-0.25, -0.2) is 8.78 Å². The maximum Gasteiger partial charge on any atom is 0.324 e. The van der Waals surface area contributed by atoms with E-state index in [1.165, 1.54) is 12.1 Å². The third-order valence-electron chi connectivity index (χ3n) is 7.48. The molecular formula is C24H34F2N4O3. The van der Waals surface area contributed by atoms with Gasteiger partial charge >= 0.3 is 5.97 Å². The Morgan fingerprint density at radius 1 is 1.12 bits per heavy atom. The second-order valence-electron chi connectivity index (χ2n) is 9.59. The molecule has 0 bridgehead atoms. The zero-order valence-corrected chi connectivity index (χ0v) is 19.0. The van der Waals surface area contributed by atoms with Gasteiger partial charge in [-0.1, -0.05) is 0 Å². The van der Waals surface area contributed by atoms with Crippen molar-refractivity contribution in [1.29, 1.82) is 0 Å². The first-order chi connectivity index (χ1) is 15.9. The smallest absolute Gasteiger partial charge is 0.324 e. The van der Waals surface area contributed by atoms with E-state index >= 15 is 0 Å². The number of piperazine rings is 1. The summed E-state index contributed by atoms with van der Waals surface area (Å²) in [6.45, 7) is 4.76. The molecule has 7 nitrogen and oxygen atoms in total. The van der Waals surface area contributed by atoms with Crippen molar-refractivity contribution in [3.63, 3.8) is 0 Å². The van der Waals surface area contributed by atoms with Crippen LogP contribution in [-0.2, 0) is 14.3 Å². The molecule has 2 saturated heterocycles. The summed E-state index contributed by atoms with van der Waals surface area (Å²) in [6.07, 6.45) is 5.21. The van der Waals surface area contributed by atoms with Crippen molar-refractivity contribution < 1.29 is 23.1 Å². The molecule has 2 heterocycles. The van der Waals surface area contributed by atoms with Crippen molar-refractivity contribution in [1.82, 2.24) is 10.2 Å². The van der Waals surface area contributed by atoms with E-state index in [1.54, 1.807) is 0 Å². The summed E-state index contributed by atoms with van der Waals surface area (Å²) in [6, 6.07) is 3.39. The first kappa shape index (κ1) is 23.9. The van der Waals surface area contributed by atoms with E-state index in [-0.39, 0.29) is 12.0 Å². The maximum absolute atomic E-state index is 14.0. The number of hydrogen-bond donors (Lipinski definition) is 2. The monoisotopic (exact) mass is 464 g/mol. The number of carbonyl (C=O) groups is 2. The summed E-state index contributed by atoms with van der Waals surface area (Å²) in [5, 5.41) is 3.11. The van der Waals surface area contributed by atoms with Crippen LogP contribution in [0.25, 0.3) is 0 Å². The summed E-state index contributed by atoms with van der Waals surface area (Å²) in [5.41, 5.74) is 4.94. The number of benzene rings is 1. The van der Waals surface area contributed by atoms with Crippen molar-refractivity contribution in [3.8, 4) is 0 Å². The van der Waals surface area contributed by atoms with Crippen molar-refractivity contribution in [2.45, 2.75) is 56.6 Å². The number of esters is 1. The van der Waals surface area contributed by atoms with E-state index < -0.39 is 23.1 Å². The van der Waals surface area contributed by atoms with Crippen LogP contribution in [0.3, 0.4) is 0 Å². The van der Waals surface area contributed by atoms with E-state index in [1.807, 2.05) is 4.90 Å². The highest BCUT2D eigenvalue weighted by atomic mass is 19.1. The fourth-order valence-electron chi connectivity index (χ4n) is 5.30. The highest BCUT2D eigenvalue weighted by Crippen LogP contribution is 2.37. The number of primary amides is 1. The highest BCUT2D eigenvalue weighted by molar-refractivity contribution is 5.87. The van der Waals surface area contributed by atoms with Crippen LogP contribution in [0.15, 0.2) is 18.2 Å². The molecule has 0 radical (unpaired) electrons. The predicted octanol–water partition coefficient (Wildman–Crippen LogP) is 2.19. The number of rotatable bonds is 7. The number of anilines is 1. The molecule has 182 valence electrons. The molecule has 4 rings (SSSR count). The summed E-state index contributed by atoms with van der Waals surface area (Å²) in [4.78, 5) is 29.0. The molecule has 0 spiro atoms. The van der Waals surface area contributed by atoms with E-state index in [4.69, 9.17) is 10.5 Å². The number of halogens is 2. The Morgan fingerprint density at radius 3 is 2.45 bits per heavy atom. The molecule has 1 unspecified atom stereocenters. The lowest BCUT2D eigenvalue weighted by Crippen LogP contribution is -2.52. The molecule has 3 aliphatic rings. The van der Waals surface area contributed by atoms with Gasteiger partial charge in [0.25, 0.3) is 5.91 Å². The third kappa shape index (κ3) is 5.63. The van der Waals surface area contributed by atoms with Gasteiger partial charge in [0.15, 0.2) is 5.60 Å². The number of nitrogens with zero attached hydrogens (tertiary/aromatic N) is 2. The Labute approximate surface area is 193 Å². The lowest BCUT2D eigenvalue weighted by atomic mass is 9.77. The number of carbonyl (C=O) groups excluding carboxylic acids is 2. The van der Waals surface area contributed by atoms with E-state index in [0.29, 0.717) is 37.5 Å². The molecular weight excluding hydrogens is 430 g/mol. The van der Waals surface area contributed by atoms with Crippen LogP contribution in [0.2, 0.25) is 0 Å². The largest absolute Gasteiger partial charge is 0.448 e. The van der Waals surface area contributed by atoms with Gasteiger partial charge in [-0.15, -0.1) is 0 Å². The van der Waals surface area contributed by atoms with Crippen LogP contribution in [0.4, 0.5) is 14.5 Å². The molecule has 3 N–H and O–H groups in total. The second kappa shape index (κ2) is 10.3. The molecule has 0 aromatic heterocycles. The summed E-state index contributed by atoms with van der Waals surface area (Å²) >= 11 is 0. The lowest BCUT2D eigenvalue weighted by molar-refractivity contribution is -0.173. The van der Waals surface area contributed by atoms with Gasteiger partial charge in [0.05, 0.1) is 5.69 Å². The Bertz CT molecular complexity index is 846. The van der Waals surface area contributed by atoms with Gasteiger partial charge in [-0.05, 0) is 76.1 Å². The molecule has 9 heteroatoms. The van der Waals surface area contributed by atoms with Crippen LogP contribution in [-0.4, -0.2) is 67.7 Å². The SMILES string of the molecule is NC(=O)C1(OC(=O)C2CCCN2)CCC(CCN2CCN(c3ccc(F)cc3F)CC2)CC1. The van der Waals surface area contributed by atoms with Crippen molar-refractivity contribution in [3.05, 3.63) is 29.8 Å². The number of nitrogens with one attached hydrogen (secondary N) is 1. The van der Waals surface area contributed by atoms with Crippen LogP contribution in [0.1, 0.15) is 44.9 Å². The normalized spacial score (nSPS) is 28.6. The van der Waals surface area contributed by atoms with E-state index in [2.05, 4.69) is 10.2 Å². The molecule has 2 aliphatic heterocycles. The Morgan fingerprint density at radius 2 is 1.85 bits per heavy atom. The van der Waals surface area contributed by atoms with Gasteiger partial charge in [0, 0.05) is 32.2 Å². The van der Waals surface area contributed by atoms with E-state index in [0.717, 1.165) is 64.3 Å². The highest BCUT2D eigenvalue weighted by Gasteiger charge is 2.45. The van der Waals surface area contributed by atoms with Crippen LogP contribution >= 0.6 is 0 Å². The second-order valence-corrected chi connectivity index (χ2v) is 9.59. The Balaban J connectivity index is 1.21. The first-order valence-corrected chi connectivity index (χ1v) is 12.0. The van der Waals surface area contributed by atoms with Crippen molar-refractivity contribution in [2.75, 3.05) is 44.2 Å². The fourth-order valence-corrected chi connectivity index (χ4v) is 5.30. The third-order valence-corrected chi connectivity index (χ3v) is 7.48. The summed E-state index contributed by atoms with van der Waals surface area (Å²) in [7, 11) is 0. The average Bonchev–Trinajstić information content (AvgIpc) is 3.34. The molecule has 1 amide bonds. The Hall–Kier alpha value is -2.26. The topological polar surface area (TPSA) is 87.9 Å². The van der Waals surface area contributed by atoms with Crippen LogP contribution < -0.4 is 16.0 Å². The fraction of sp³-hybridized carbons (Fsp3) is 0.667. The van der Waals surface area contributed by atoms with Gasteiger partial charge < -0.3 is 20.7 Å². The number of hydrogen-bond acceptors (Lipinski definition) is 6. The summed E-state index contributed by atoms with van der Waals surface area (Å²) < 4.78 is 32.9. The number of amides is 1. The molecule has 1 atom stereocenters. The van der Waals surface area contributed by atoms with Crippen LogP contribution in [0.5, 0.6) is 0 Å². The van der Waals surface area contributed by atoms with Gasteiger partial charge in [0.1, 0.15) is 17.7 Å². The van der Waals surface area contributed by atoms with Crippen molar-refractivity contribution >= 4 is 17.6 Å². The van der Waals surface area contributed by atoms with Gasteiger partial charge in [-0.2, -0.15) is 0 Å². The molecule has 3 fully saturated rings. The minimum atomic E-state index is -1.18. The molecule has 1 aromatic carbocycles. The Kier molecular flexibility index (Phi) is 7.48. The number of nitrogens with two attached hydrogens (primary N) is 1. The molecule has 1 saturated carbocycles. The molecule has 1 aliphatic carbocycles. The predicted molar refractivity (Wildman–Crippen MR) is 121 cm³/mol. The maximum atomic E-state index is 14.0. The van der Waals surface area contributed by atoms with Crippen molar-refractivity contribution in [2.24, 2.45) is 11.7 Å². The number of ether oxygens (including phenoxy) is 1. The summed E-state index contributed by atoms with van der Waals surface area (Å²) in [5.74, 6) is -1.54. The zero-order valence-electron chi connectivity index (χ0n) is 19.0. The quantitative estimate of drug-likeness (QED) is 0.602. The first-order valence-electron chi connectivity index (χ1n) is 12.0. The molecule has 1 aromatic rings. The average molecular weight is 465 g/mol. The minimum absolute atomic E-state index is 0.332. The zero-order chi connectivity index (χ0) is 23.4. The lowest BCUT2D eigenvalue weighted by Gasteiger charge is -2.39. The van der Waals surface area contributed by atoms with E-state index in [9.17, 15) is 18.4 Å². The molecule has 33 heavy (non-hydrogen) atoms. The standard InChI is InChI=1S/C24H34F2N4O3/c25-18-3-4-21(19(26)16-18)30-14-12-29(13-15-30)11-7-17-5-8-24(9-6-17,23(27)32)33-22(31)20-2-1-10-28-20/h3-4,16-17,20,28H,1-2,5-15H2,(H2,27,32).